The fourth-order valence-electron chi connectivity index (χ4n) is 2.05. The third kappa shape index (κ3) is 2.20. The van der Waals surface area contributed by atoms with E-state index in [0.717, 1.165) is 25.4 Å². The van der Waals surface area contributed by atoms with Crippen LogP contribution in [0.25, 0.3) is 0 Å². The van der Waals surface area contributed by atoms with Crippen molar-refractivity contribution in [1.82, 2.24) is 5.32 Å². The Morgan fingerprint density at radius 2 is 2.33 bits per heavy atom. The highest BCUT2D eigenvalue weighted by Gasteiger charge is 2.33. The molecule has 0 spiro atoms. The minimum Gasteiger partial charge on any atom is -0.396 e. The number of nitrogens with one attached hydrogen (secondary N) is 1. The van der Waals surface area contributed by atoms with Crippen LogP contribution in [0.2, 0.25) is 0 Å². The van der Waals surface area contributed by atoms with Crippen LogP contribution in [0.1, 0.15) is 33.1 Å². The molecule has 0 amide bonds. The maximum atomic E-state index is 9.32. The summed E-state index contributed by atoms with van der Waals surface area (Å²) in [6.07, 6.45) is 3.54. The minimum atomic E-state index is 0.204. The van der Waals surface area contributed by atoms with Crippen LogP contribution in [-0.2, 0) is 0 Å². The molecule has 0 aromatic carbocycles. The van der Waals surface area contributed by atoms with Crippen molar-refractivity contribution in [3.05, 3.63) is 0 Å². The standard InChI is InChI=1S/C10H21NO/c1-3-9(2)6-10(8-12)4-5-11-7-10/h9,11-12H,3-8H2,1-2H3. The molecule has 1 heterocycles. The molecule has 2 heteroatoms. The molecule has 0 aromatic heterocycles. The lowest BCUT2D eigenvalue weighted by Crippen LogP contribution is -2.30. The molecule has 72 valence electrons. The minimum absolute atomic E-state index is 0.204. The zero-order valence-corrected chi connectivity index (χ0v) is 8.27. The molecule has 0 saturated carbocycles. The lowest BCUT2D eigenvalue weighted by Gasteiger charge is -2.28. The molecule has 1 aliphatic rings. The number of rotatable bonds is 4. The van der Waals surface area contributed by atoms with Crippen LogP contribution in [-0.4, -0.2) is 24.8 Å². The van der Waals surface area contributed by atoms with Crippen molar-refractivity contribution in [3.8, 4) is 0 Å². The van der Waals surface area contributed by atoms with Crippen molar-refractivity contribution >= 4 is 0 Å². The highest BCUT2D eigenvalue weighted by atomic mass is 16.3. The summed E-state index contributed by atoms with van der Waals surface area (Å²) in [5.41, 5.74) is 0.204. The van der Waals surface area contributed by atoms with E-state index in [0.29, 0.717) is 6.61 Å². The molecule has 1 saturated heterocycles. The third-order valence-corrected chi connectivity index (χ3v) is 3.15. The highest BCUT2D eigenvalue weighted by Crippen LogP contribution is 2.33. The number of aliphatic hydroxyl groups is 1. The normalized spacial score (nSPS) is 32.2. The lowest BCUT2D eigenvalue weighted by atomic mass is 9.79. The summed E-state index contributed by atoms with van der Waals surface area (Å²) in [6.45, 7) is 6.93. The molecule has 2 unspecified atom stereocenters. The third-order valence-electron chi connectivity index (χ3n) is 3.15. The Kier molecular flexibility index (Phi) is 3.53. The van der Waals surface area contributed by atoms with Gasteiger partial charge in [-0.15, -0.1) is 0 Å². The van der Waals surface area contributed by atoms with E-state index in [-0.39, 0.29) is 5.41 Å². The van der Waals surface area contributed by atoms with Crippen molar-refractivity contribution < 1.29 is 5.11 Å². The van der Waals surface area contributed by atoms with E-state index in [1.165, 1.54) is 12.8 Å². The Morgan fingerprint density at radius 1 is 1.58 bits per heavy atom. The second-order valence-corrected chi connectivity index (χ2v) is 4.30. The van der Waals surface area contributed by atoms with Crippen LogP contribution < -0.4 is 5.32 Å². The first kappa shape index (κ1) is 10.0. The monoisotopic (exact) mass is 171 g/mol. The van der Waals surface area contributed by atoms with Gasteiger partial charge in [0.15, 0.2) is 0 Å². The maximum absolute atomic E-state index is 9.32. The van der Waals surface area contributed by atoms with Gasteiger partial charge in [0.25, 0.3) is 0 Å². The van der Waals surface area contributed by atoms with Gasteiger partial charge >= 0.3 is 0 Å². The molecule has 0 aromatic rings. The molecule has 2 nitrogen and oxygen atoms in total. The smallest absolute Gasteiger partial charge is 0.0500 e. The van der Waals surface area contributed by atoms with Crippen molar-refractivity contribution in [1.29, 1.82) is 0 Å². The van der Waals surface area contributed by atoms with Gasteiger partial charge in [0.1, 0.15) is 0 Å². The molecule has 1 fully saturated rings. The van der Waals surface area contributed by atoms with Crippen LogP contribution in [0.5, 0.6) is 0 Å². The summed E-state index contributed by atoms with van der Waals surface area (Å²) in [7, 11) is 0. The molecule has 1 aliphatic heterocycles. The average molecular weight is 171 g/mol. The van der Waals surface area contributed by atoms with Gasteiger partial charge in [-0.1, -0.05) is 20.3 Å². The van der Waals surface area contributed by atoms with Crippen molar-refractivity contribution in [2.75, 3.05) is 19.7 Å². The first-order valence-corrected chi connectivity index (χ1v) is 5.04. The first-order valence-electron chi connectivity index (χ1n) is 5.04. The topological polar surface area (TPSA) is 32.3 Å². The molecular weight excluding hydrogens is 150 g/mol. The SMILES string of the molecule is CCC(C)CC1(CO)CCNC1. The Labute approximate surface area is 75.4 Å². The van der Waals surface area contributed by atoms with E-state index in [1.54, 1.807) is 0 Å². The second kappa shape index (κ2) is 4.24. The quantitative estimate of drug-likeness (QED) is 0.670. The largest absolute Gasteiger partial charge is 0.396 e. The predicted molar refractivity (Wildman–Crippen MR) is 51.1 cm³/mol. The average Bonchev–Trinajstić information content (AvgIpc) is 2.54. The van der Waals surface area contributed by atoms with Gasteiger partial charge < -0.3 is 10.4 Å². The van der Waals surface area contributed by atoms with E-state index in [4.69, 9.17) is 0 Å². The summed E-state index contributed by atoms with van der Waals surface area (Å²) >= 11 is 0. The fraction of sp³-hybridized carbons (Fsp3) is 1.00. The van der Waals surface area contributed by atoms with Gasteiger partial charge in [0.05, 0.1) is 0 Å². The molecule has 12 heavy (non-hydrogen) atoms. The summed E-state index contributed by atoms with van der Waals surface area (Å²) in [4.78, 5) is 0. The molecule has 0 bridgehead atoms. The zero-order chi connectivity index (χ0) is 9.03. The van der Waals surface area contributed by atoms with Gasteiger partial charge in [-0.25, -0.2) is 0 Å². The summed E-state index contributed by atoms with van der Waals surface area (Å²) in [5.74, 6) is 0.747. The Bertz CT molecular complexity index is 130. The molecule has 1 rings (SSSR count). The van der Waals surface area contributed by atoms with Crippen LogP contribution in [0.3, 0.4) is 0 Å². The number of hydrogen-bond acceptors (Lipinski definition) is 2. The number of hydrogen-bond donors (Lipinski definition) is 2. The lowest BCUT2D eigenvalue weighted by molar-refractivity contribution is 0.115. The number of aliphatic hydroxyl groups excluding tert-OH is 1. The summed E-state index contributed by atoms with van der Waals surface area (Å²) < 4.78 is 0. The molecular formula is C10H21NO. The van der Waals surface area contributed by atoms with E-state index in [9.17, 15) is 5.11 Å². The summed E-state index contributed by atoms with van der Waals surface area (Å²) in [6, 6.07) is 0. The highest BCUT2D eigenvalue weighted by molar-refractivity contribution is 4.88. The predicted octanol–water partition coefficient (Wildman–Crippen LogP) is 1.39. The Hall–Kier alpha value is -0.0800. The molecule has 0 radical (unpaired) electrons. The molecule has 2 atom stereocenters. The first-order chi connectivity index (χ1) is 5.72. The summed E-state index contributed by atoms with van der Waals surface area (Å²) in [5, 5.41) is 12.7. The molecule has 2 N–H and O–H groups in total. The van der Waals surface area contributed by atoms with E-state index >= 15 is 0 Å². The Balaban J connectivity index is 2.43. The van der Waals surface area contributed by atoms with Gasteiger partial charge in [-0.05, 0) is 25.3 Å². The van der Waals surface area contributed by atoms with Gasteiger partial charge in [0, 0.05) is 18.6 Å². The second-order valence-electron chi connectivity index (χ2n) is 4.30. The Morgan fingerprint density at radius 3 is 2.75 bits per heavy atom. The maximum Gasteiger partial charge on any atom is 0.0500 e. The van der Waals surface area contributed by atoms with Crippen LogP contribution in [0.4, 0.5) is 0 Å². The van der Waals surface area contributed by atoms with Crippen LogP contribution >= 0.6 is 0 Å². The molecule has 0 aliphatic carbocycles. The van der Waals surface area contributed by atoms with Crippen LogP contribution in [0, 0.1) is 11.3 Å². The van der Waals surface area contributed by atoms with E-state index < -0.39 is 0 Å². The van der Waals surface area contributed by atoms with Crippen molar-refractivity contribution in [3.63, 3.8) is 0 Å². The fourth-order valence-corrected chi connectivity index (χ4v) is 2.05. The van der Waals surface area contributed by atoms with Crippen molar-refractivity contribution in [2.45, 2.75) is 33.1 Å². The van der Waals surface area contributed by atoms with Crippen LogP contribution in [0.15, 0.2) is 0 Å². The van der Waals surface area contributed by atoms with Gasteiger partial charge in [-0.3, -0.25) is 0 Å². The van der Waals surface area contributed by atoms with Gasteiger partial charge in [-0.2, -0.15) is 0 Å². The van der Waals surface area contributed by atoms with Crippen molar-refractivity contribution in [2.24, 2.45) is 11.3 Å². The van der Waals surface area contributed by atoms with Gasteiger partial charge in [0.2, 0.25) is 0 Å². The van der Waals surface area contributed by atoms with E-state index in [1.807, 2.05) is 0 Å². The zero-order valence-electron chi connectivity index (χ0n) is 8.27. The van der Waals surface area contributed by atoms with E-state index in [2.05, 4.69) is 19.2 Å².